The smallest absolute Gasteiger partial charge is 0.0553 e. The maximum atomic E-state index is 4.13. The first kappa shape index (κ1) is 11.5. The van der Waals surface area contributed by atoms with Crippen molar-refractivity contribution >= 4 is 11.4 Å². The fourth-order valence-corrected chi connectivity index (χ4v) is 1.77. The van der Waals surface area contributed by atoms with E-state index in [0.29, 0.717) is 0 Å². The highest BCUT2D eigenvalue weighted by molar-refractivity contribution is 5.48. The van der Waals surface area contributed by atoms with Crippen LogP contribution in [0, 0.1) is 0 Å². The van der Waals surface area contributed by atoms with Crippen LogP contribution in [-0.2, 0) is 6.54 Å². The third kappa shape index (κ3) is 2.97. The fraction of sp³-hybridized carbons (Fsp3) is 0.214. The molecule has 88 valence electrons. The van der Waals surface area contributed by atoms with E-state index in [4.69, 9.17) is 0 Å². The first-order valence-electron chi connectivity index (χ1n) is 5.67. The van der Waals surface area contributed by atoms with Gasteiger partial charge in [0, 0.05) is 32.5 Å². The lowest BCUT2D eigenvalue weighted by Gasteiger charge is -2.19. The van der Waals surface area contributed by atoms with Crippen molar-refractivity contribution in [2.45, 2.75) is 6.54 Å². The zero-order valence-electron chi connectivity index (χ0n) is 10.2. The molecule has 0 atom stereocenters. The van der Waals surface area contributed by atoms with Gasteiger partial charge in [-0.05, 0) is 29.8 Å². The minimum atomic E-state index is 0.876. The molecule has 0 aliphatic heterocycles. The van der Waals surface area contributed by atoms with Crippen molar-refractivity contribution in [2.24, 2.45) is 0 Å². The van der Waals surface area contributed by atoms with Crippen molar-refractivity contribution in [1.82, 2.24) is 4.98 Å². The summed E-state index contributed by atoms with van der Waals surface area (Å²) in [5.41, 5.74) is 3.55. The second-order valence-corrected chi connectivity index (χ2v) is 4.02. The third-order valence-electron chi connectivity index (χ3n) is 2.72. The van der Waals surface area contributed by atoms with Crippen LogP contribution in [0.15, 0.2) is 48.8 Å². The fourth-order valence-electron chi connectivity index (χ4n) is 1.77. The second-order valence-electron chi connectivity index (χ2n) is 4.02. The number of hydrogen-bond acceptors (Lipinski definition) is 3. The van der Waals surface area contributed by atoms with Gasteiger partial charge in [-0.25, -0.2) is 0 Å². The molecule has 17 heavy (non-hydrogen) atoms. The van der Waals surface area contributed by atoms with Gasteiger partial charge in [0.05, 0.1) is 11.9 Å². The standard InChI is InChI=1S/C14H17N3/c1-15-13-6-3-5-12(9-13)11-17(2)14-7-4-8-16-10-14/h3-10,15H,11H2,1-2H3. The molecule has 0 aliphatic carbocycles. The highest BCUT2D eigenvalue weighted by Crippen LogP contribution is 2.15. The predicted octanol–water partition coefficient (Wildman–Crippen LogP) is 2.76. The van der Waals surface area contributed by atoms with Crippen molar-refractivity contribution in [2.75, 3.05) is 24.3 Å². The van der Waals surface area contributed by atoms with Gasteiger partial charge in [0.25, 0.3) is 0 Å². The summed E-state index contributed by atoms with van der Waals surface area (Å²) in [7, 11) is 4.01. The molecule has 0 radical (unpaired) electrons. The van der Waals surface area contributed by atoms with Crippen LogP contribution in [0.4, 0.5) is 11.4 Å². The molecule has 0 saturated heterocycles. The van der Waals surface area contributed by atoms with Crippen LogP contribution >= 0.6 is 0 Å². The van der Waals surface area contributed by atoms with Gasteiger partial charge in [0.15, 0.2) is 0 Å². The van der Waals surface area contributed by atoms with Gasteiger partial charge in [-0.15, -0.1) is 0 Å². The van der Waals surface area contributed by atoms with E-state index in [2.05, 4.69) is 52.6 Å². The zero-order chi connectivity index (χ0) is 12.1. The van der Waals surface area contributed by atoms with E-state index in [1.165, 1.54) is 5.56 Å². The quantitative estimate of drug-likeness (QED) is 0.870. The van der Waals surface area contributed by atoms with Crippen molar-refractivity contribution in [3.8, 4) is 0 Å². The monoisotopic (exact) mass is 227 g/mol. The minimum absolute atomic E-state index is 0.876. The maximum absolute atomic E-state index is 4.13. The first-order valence-corrected chi connectivity index (χ1v) is 5.67. The maximum Gasteiger partial charge on any atom is 0.0553 e. The van der Waals surface area contributed by atoms with Gasteiger partial charge in [-0.1, -0.05) is 12.1 Å². The van der Waals surface area contributed by atoms with E-state index in [9.17, 15) is 0 Å². The Morgan fingerprint density at radius 3 is 2.82 bits per heavy atom. The van der Waals surface area contributed by atoms with E-state index in [0.717, 1.165) is 17.9 Å². The Kier molecular flexibility index (Phi) is 3.60. The van der Waals surface area contributed by atoms with E-state index >= 15 is 0 Å². The molecule has 3 heteroatoms. The Balaban J connectivity index is 2.10. The number of anilines is 2. The van der Waals surface area contributed by atoms with Gasteiger partial charge >= 0.3 is 0 Å². The highest BCUT2D eigenvalue weighted by Gasteiger charge is 2.02. The van der Waals surface area contributed by atoms with Crippen molar-refractivity contribution < 1.29 is 0 Å². The van der Waals surface area contributed by atoms with Crippen LogP contribution in [0.25, 0.3) is 0 Å². The molecule has 1 aromatic carbocycles. The Labute approximate surface area is 102 Å². The van der Waals surface area contributed by atoms with Crippen LogP contribution in [0.5, 0.6) is 0 Å². The molecule has 2 rings (SSSR count). The van der Waals surface area contributed by atoms with E-state index < -0.39 is 0 Å². The van der Waals surface area contributed by atoms with Gasteiger partial charge in [0.1, 0.15) is 0 Å². The summed E-state index contributed by atoms with van der Waals surface area (Å²) in [4.78, 5) is 6.31. The average Bonchev–Trinajstić information content (AvgIpc) is 2.40. The van der Waals surface area contributed by atoms with E-state index in [1.807, 2.05) is 19.3 Å². The second kappa shape index (κ2) is 5.34. The average molecular weight is 227 g/mol. The zero-order valence-corrected chi connectivity index (χ0v) is 10.2. The van der Waals surface area contributed by atoms with Crippen molar-refractivity contribution in [3.63, 3.8) is 0 Å². The molecule has 0 aliphatic rings. The Hall–Kier alpha value is -2.03. The number of pyridine rings is 1. The summed E-state index contributed by atoms with van der Waals surface area (Å²) >= 11 is 0. The normalized spacial score (nSPS) is 10.0. The molecular weight excluding hydrogens is 210 g/mol. The first-order chi connectivity index (χ1) is 8.29. The Bertz CT molecular complexity index is 468. The van der Waals surface area contributed by atoms with E-state index in [1.54, 1.807) is 6.20 Å². The molecule has 3 nitrogen and oxygen atoms in total. The Morgan fingerprint density at radius 1 is 1.24 bits per heavy atom. The minimum Gasteiger partial charge on any atom is -0.388 e. The van der Waals surface area contributed by atoms with Crippen LogP contribution in [0.3, 0.4) is 0 Å². The molecule has 1 heterocycles. The molecule has 0 spiro atoms. The molecule has 1 N–H and O–H groups in total. The lowest BCUT2D eigenvalue weighted by atomic mass is 10.2. The molecule has 0 amide bonds. The molecular formula is C14H17N3. The Morgan fingerprint density at radius 2 is 2.12 bits per heavy atom. The number of aromatic nitrogens is 1. The summed E-state index contributed by atoms with van der Waals surface area (Å²) < 4.78 is 0. The van der Waals surface area contributed by atoms with Gasteiger partial charge in [-0.3, -0.25) is 4.98 Å². The topological polar surface area (TPSA) is 28.2 Å². The third-order valence-corrected chi connectivity index (χ3v) is 2.72. The van der Waals surface area contributed by atoms with Crippen LogP contribution in [-0.4, -0.2) is 19.1 Å². The summed E-state index contributed by atoms with van der Waals surface area (Å²) in [6, 6.07) is 12.4. The number of nitrogens with zero attached hydrogens (tertiary/aromatic N) is 2. The van der Waals surface area contributed by atoms with Crippen molar-refractivity contribution in [1.29, 1.82) is 0 Å². The molecule has 0 unspecified atom stereocenters. The van der Waals surface area contributed by atoms with Gasteiger partial charge < -0.3 is 10.2 Å². The summed E-state index contributed by atoms with van der Waals surface area (Å²) in [5, 5.41) is 3.15. The molecule has 2 aromatic rings. The van der Waals surface area contributed by atoms with Gasteiger partial charge in [0.2, 0.25) is 0 Å². The van der Waals surface area contributed by atoms with E-state index in [-0.39, 0.29) is 0 Å². The summed E-state index contributed by atoms with van der Waals surface area (Å²) in [6.45, 7) is 0.876. The number of hydrogen-bond donors (Lipinski definition) is 1. The van der Waals surface area contributed by atoms with Crippen LogP contribution in [0.1, 0.15) is 5.56 Å². The number of rotatable bonds is 4. The largest absolute Gasteiger partial charge is 0.388 e. The number of nitrogens with one attached hydrogen (secondary N) is 1. The van der Waals surface area contributed by atoms with Crippen LogP contribution < -0.4 is 10.2 Å². The molecule has 0 saturated carbocycles. The van der Waals surface area contributed by atoms with Gasteiger partial charge in [-0.2, -0.15) is 0 Å². The molecule has 0 fully saturated rings. The predicted molar refractivity (Wildman–Crippen MR) is 72.3 cm³/mol. The van der Waals surface area contributed by atoms with Crippen LogP contribution in [0.2, 0.25) is 0 Å². The highest BCUT2D eigenvalue weighted by atomic mass is 15.1. The summed E-state index contributed by atoms with van der Waals surface area (Å²) in [5.74, 6) is 0. The summed E-state index contributed by atoms with van der Waals surface area (Å²) in [6.07, 6.45) is 3.67. The SMILES string of the molecule is CNc1cccc(CN(C)c2cccnc2)c1. The lowest BCUT2D eigenvalue weighted by Crippen LogP contribution is -2.16. The molecule has 0 bridgehead atoms. The lowest BCUT2D eigenvalue weighted by molar-refractivity contribution is 0.918. The number of benzene rings is 1. The van der Waals surface area contributed by atoms with Crippen molar-refractivity contribution in [3.05, 3.63) is 54.4 Å². The molecule has 1 aromatic heterocycles.